The molecule has 2 aromatic rings. The second kappa shape index (κ2) is 8.05. The molecule has 1 aromatic carbocycles. The Bertz CT molecular complexity index is 725. The molecule has 0 saturated carbocycles. The second-order valence-electron chi connectivity index (χ2n) is 5.46. The number of rotatable bonds is 6. The van der Waals surface area contributed by atoms with E-state index in [4.69, 9.17) is 0 Å². The minimum atomic E-state index is -0.156. The lowest BCUT2D eigenvalue weighted by Gasteiger charge is -2.09. The van der Waals surface area contributed by atoms with Crippen LogP contribution in [0.4, 0.5) is 17.3 Å². The van der Waals surface area contributed by atoms with E-state index in [1.54, 1.807) is 24.3 Å². The van der Waals surface area contributed by atoms with E-state index in [1.165, 1.54) is 6.92 Å². The lowest BCUT2D eigenvalue weighted by atomic mass is 10.2. The summed E-state index contributed by atoms with van der Waals surface area (Å²) >= 11 is 0. The van der Waals surface area contributed by atoms with E-state index < -0.39 is 0 Å². The Kier molecular flexibility index (Phi) is 5.83. The molecule has 0 aliphatic rings. The summed E-state index contributed by atoms with van der Waals surface area (Å²) in [4.78, 5) is 31.6. The van der Waals surface area contributed by atoms with Crippen LogP contribution >= 0.6 is 0 Å². The number of carbonyl (C=O) groups is 2. The minimum absolute atomic E-state index is 0.133. The highest BCUT2D eigenvalue weighted by molar-refractivity contribution is 5.93. The topological polar surface area (TPSA) is 96.0 Å². The van der Waals surface area contributed by atoms with E-state index in [0.717, 1.165) is 11.4 Å². The number of aryl methyl sites for hydroxylation is 2. The van der Waals surface area contributed by atoms with Gasteiger partial charge in [-0.3, -0.25) is 9.59 Å². The average molecular weight is 327 g/mol. The molecule has 0 spiro atoms. The molecule has 0 atom stereocenters. The van der Waals surface area contributed by atoms with E-state index in [0.29, 0.717) is 23.9 Å². The zero-order valence-corrected chi connectivity index (χ0v) is 14.0. The number of nitrogens with zero attached hydrogens (tertiary/aromatic N) is 2. The van der Waals surface area contributed by atoms with E-state index >= 15 is 0 Å². The third-order valence-electron chi connectivity index (χ3n) is 3.08. The molecule has 7 nitrogen and oxygen atoms in total. The molecular formula is C17H21N5O2. The predicted molar refractivity (Wildman–Crippen MR) is 94.0 cm³/mol. The highest BCUT2D eigenvalue weighted by Crippen LogP contribution is 2.15. The fraction of sp³-hybridized carbons (Fsp3) is 0.294. The van der Waals surface area contributed by atoms with Crippen LogP contribution in [-0.4, -0.2) is 28.3 Å². The average Bonchev–Trinajstić information content (AvgIpc) is 2.45. The molecule has 0 bridgehead atoms. The smallest absolute Gasteiger partial charge is 0.226 e. The van der Waals surface area contributed by atoms with Gasteiger partial charge in [-0.25, -0.2) is 9.97 Å². The van der Waals surface area contributed by atoms with Crippen molar-refractivity contribution < 1.29 is 9.59 Å². The van der Waals surface area contributed by atoms with Gasteiger partial charge in [0.15, 0.2) is 0 Å². The van der Waals surface area contributed by atoms with Gasteiger partial charge < -0.3 is 16.0 Å². The maximum absolute atomic E-state index is 12.0. The summed E-state index contributed by atoms with van der Waals surface area (Å²) in [5.41, 5.74) is 3.03. The summed E-state index contributed by atoms with van der Waals surface area (Å²) in [7, 11) is 0. The normalized spacial score (nSPS) is 10.1. The maximum Gasteiger partial charge on any atom is 0.226 e. The quantitative estimate of drug-likeness (QED) is 0.757. The highest BCUT2D eigenvalue weighted by Gasteiger charge is 2.05. The van der Waals surface area contributed by atoms with Crippen LogP contribution < -0.4 is 16.0 Å². The second-order valence-corrected chi connectivity index (χ2v) is 5.46. The van der Waals surface area contributed by atoms with Crippen molar-refractivity contribution in [2.24, 2.45) is 0 Å². The molecule has 0 saturated heterocycles. The standard InChI is InChI=1S/C17H21N5O2/c1-11-9-12(2)20-17(19-11)18-8-7-16(24)22-15-6-4-5-14(10-15)21-13(3)23/h4-6,9-10H,7-8H2,1-3H3,(H,21,23)(H,22,24)(H,18,19,20). The van der Waals surface area contributed by atoms with Gasteiger partial charge in [0, 0.05) is 42.7 Å². The van der Waals surface area contributed by atoms with Crippen LogP contribution in [0.15, 0.2) is 30.3 Å². The zero-order valence-electron chi connectivity index (χ0n) is 14.0. The van der Waals surface area contributed by atoms with Gasteiger partial charge in [0.05, 0.1) is 0 Å². The summed E-state index contributed by atoms with van der Waals surface area (Å²) in [5, 5.41) is 8.51. The van der Waals surface area contributed by atoms with Gasteiger partial charge in [-0.15, -0.1) is 0 Å². The number of carbonyl (C=O) groups excluding carboxylic acids is 2. The van der Waals surface area contributed by atoms with Crippen molar-refractivity contribution >= 4 is 29.1 Å². The highest BCUT2D eigenvalue weighted by atomic mass is 16.2. The lowest BCUT2D eigenvalue weighted by Crippen LogP contribution is -2.17. The van der Waals surface area contributed by atoms with Crippen molar-refractivity contribution in [3.8, 4) is 0 Å². The molecule has 126 valence electrons. The Morgan fingerprint density at radius 3 is 2.25 bits per heavy atom. The Balaban J connectivity index is 1.84. The Morgan fingerprint density at radius 2 is 1.62 bits per heavy atom. The van der Waals surface area contributed by atoms with Crippen molar-refractivity contribution in [1.82, 2.24) is 9.97 Å². The fourth-order valence-electron chi connectivity index (χ4n) is 2.19. The van der Waals surface area contributed by atoms with Crippen LogP contribution in [0, 0.1) is 13.8 Å². The summed E-state index contributed by atoms with van der Waals surface area (Å²) in [5.74, 6) is 0.232. The molecule has 7 heteroatoms. The van der Waals surface area contributed by atoms with Gasteiger partial charge >= 0.3 is 0 Å². The van der Waals surface area contributed by atoms with Crippen molar-refractivity contribution in [2.45, 2.75) is 27.2 Å². The maximum atomic E-state index is 12.0. The third kappa shape index (κ3) is 5.68. The minimum Gasteiger partial charge on any atom is -0.354 e. The van der Waals surface area contributed by atoms with Crippen LogP contribution in [0.2, 0.25) is 0 Å². The SMILES string of the molecule is CC(=O)Nc1cccc(NC(=O)CCNc2nc(C)cc(C)n2)c1. The van der Waals surface area contributed by atoms with Gasteiger partial charge in [-0.05, 0) is 38.1 Å². The first kappa shape index (κ1) is 17.4. The summed E-state index contributed by atoms with van der Waals surface area (Å²) < 4.78 is 0. The van der Waals surface area contributed by atoms with Gasteiger partial charge in [0.25, 0.3) is 0 Å². The molecule has 0 aliphatic heterocycles. The lowest BCUT2D eigenvalue weighted by molar-refractivity contribution is -0.116. The van der Waals surface area contributed by atoms with Crippen molar-refractivity contribution in [3.05, 3.63) is 41.7 Å². The Labute approximate surface area is 140 Å². The molecule has 2 rings (SSSR count). The number of benzene rings is 1. The molecule has 0 aliphatic carbocycles. The predicted octanol–water partition coefficient (Wildman–Crippen LogP) is 2.49. The number of hydrogen-bond acceptors (Lipinski definition) is 5. The first-order valence-electron chi connectivity index (χ1n) is 7.66. The molecule has 24 heavy (non-hydrogen) atoms. The van der Waals surface area contributed by atoms with Gasteiger partial charge in [0.2, 0.25) is 17.8 Å². The summed E-state index contributed by atoms with van der Waals surface area (Å²) in [6.07, 6.45) is 0.278. The van der Waals surface area contributed by atoms with Crippen LogP contribution in [0.3, 0.4) is 0 Å². The van der Waals surface area contributed by atoms with Crippen LogP contribution in [0.1, 0.15) is 24.7 Å². The molecule has 2 amide bonds. The molecule has 3 N–H and O–H groups in total. The van der Waals surface area contributed by atoms with E-state index in [-0.39, 0.29) is 18.2 Å². The number of amides is 2. The van der Waals surface area contributed by atoms with Crippen LogP contribution in [-0.2, 0) is 9.59 Å². The zero-order chi connectivity index (χ0) is 17.5. The van der Waals surface area contributed by atoms with Gasteiger partial charge in [0.1, 0.15) is 0 Å². The van der Waals surface area contributed by atoms with Crippen LogP contribution in [0.25, 0.3) is 0 Å². The number of hydrogen-bond donors (Lipinski definition) is 3. The first-order valence-corrected chi connectivity index (χ1v) is 7.66. The van der Waals surface area contributed by atoms with E-state index in [2.05, 4.69) is 25.9 Å². The van der Waals surface area contributed by atoms with Crippen LogP contribution in [0.5, 0.6) is 0 Å². The summed E-state index contributed by atoms with van der Waals surface area (Å²) in [6, 6.07) is 8.89. The molecule has 1 heterocycles. The van der Waals surface area contributed by atoms with Crippen molar-refractivity contribution in [2.75, 3.05) is 22.5 Å². The number of aromatic nitrogens is 2. The monoisotopic (exact) mass is 327 g/mol. The Morgan fingerprint density at radius 1 is 1.00 bits per heavy atom. The molecular weight excluding hydrogens is 306 g/mol. The molecule has 0 radical (unpaired) electrons. The summed E-state index contributed by atoms with van der Waals surface area (Å²) in [6.45, 7) is 5.66. The molecule has 0 unspecified atom stereocenters. The number of nitrogens with one attached hydrogen (secondary N) is 3. The van der Waals surface area contributed by atoms with E-state index in [1.807, 2.05) is 19.9 Å². The van der Waals surface area contributed by atoms with Gasteiger partial charge in [-0.2, -0.15) is 0 Å². The third-order valence-corrected chi connectivity index (χ3v) is 3.08. The molecule has 1 aromatic heterocycles. The Hall–Kier alpha value is -2.96. The van der Waals surface area contributed by atoms with E-state index in [9.17, 15) is 9.59 Å². The first-order chi connectivity index (χ1) is 11.4. The van der Waals surface area contributed by atoms with Crippen molar-refractivity contribution in [3.63, 3.8) is 0 Å². The largest absolute Gasteiger partial charge is 0.354 e. The van der Waals surface area contributed by atoms with Gasteiger partial charge in [-0.1, -0.05) is 6.07 Å². The molecule has 0 fully saturated rings. The fourth-order valence-corrected chi connectivity index (χ4v) is 2.19. The number of anilines is 3. The van der Waals surface area contributed by atoms with Crippen molar-refractivity contribution in [1.29, 1.82) is 0 Å².